The van der Waals surface area contributed by atoms with E-state index in [9.17, 15) is 4.79 Å². The maximum absolute atomic E-state index is 10.6. The van der Waals surface area contributed by atoms with Crippen LogP contribution in [-0.4, -0.2) is 43.4 Å². The smallest absolute Gasteiger partial charge is 0.150 e. The number of nitrogens with one attached hydrogen (secondary N) is 1. The molecule has 0 bridgehead atoms. The molecule has 0 aliphatic rings. The van der Waals surface area contributed by atoms with Crippen molar-refractivity contribution in [1.29, 1.82) is 0 Å². The van der Waals surface area contributed by atoms with Crippen LogP contribution in [0.5, 0.6) is 0 Å². The van der Waals surface area contributed by atoms with Crippen molar-refractivity contribution in [1.82, 2.24) is 15.2 Å². The van der Waals surface area contributed by atoms with E-state index in [0.717, 1.165) is 25.1 Å². The fourth-order valence-electron chi connectivity index (χ4n) is 1.32. The Hall–Kier alpha value is -1.52. The first kappa shape index (κ1) is 13.5. The highest BCUT2D eigenvalue weighted by atomic mass is 16.1. The molecule has 0 saturated carbocycles. The summed E-state index contributed by atoms with van der Waals surface area (Å²) in [7, 11) is 4.07. The SMILES string of the molecule is CN(C)CC=CCNCc1cc(C=O)ccn1. The minimum Gasteiger partial charge on any atom is -0.308 e. The summed E-state index contributed by atoms with van der Waals surface area (Å²) < 4.78 is 0. The van der Waals surface area contributed by atoms with Crippen molar-refractivity contribution in [2.75, 3.05) is 27.2 Å². The summed E-state index contributed by atoms with van der Waals surface area (Å²) in [6.07, 6.45) is 6.69. The summed E-state index contributed by atoms with van der Waals surface area (Å²) in [5, 5.41) is 3.24. The molecule has 1 aromatic heterocycles. The lowest BCUT2D eigenvalue weighted by Gasteiger charge is -2.04. The molecule has 0 unspecified atom stereocenters. The van der Waals surface area contributed by atoms with Crippen LogP contribution in [0, 0.1) is 0 Å². The average Bonchev–Trinajstić information content (AvgIpc) is 2.33. The predicted octanol–water partition coefficient (Wildman–Crippen LogP) is 1.10. The summed E-state index contributed by atoms with van der Waals surface area (Å²) in [6.45, 7) is 2.43. The van der Waals surface area contributed by atoms with Crippen molar-refractivity contribution in [3.8, 4) is 0 Å². The van der Waals surface area contributed by atoms with Crippen molar-refractivity contribution in [2.24, 2.45) is 0 Å². The second kappa shape index (κ2) is 7.70. The van der Waals surface area contributed by atoms with Crippen LogP contribution in [-0.2, 0) is 6.54 Å². The van der Waals surface area contributed by atoms with Crippen molar-refractivity contribution in [3.63, 3.8) is 0 Å². The fraction of sp³-hybridized carbons (Fsp3) is 0.385. The second-order valence-corrected chi connectivity index (χ2v) is 4.06. The number of rotatable bonds is 7. The zero-order valence-electron chi connectivity index (χ0n) is 10.4. The van der Waals surface area contributed by atoms with Crippen LogP contribution in [0.3, 0.4) is 0 Å². The topological polar surface area (TPSA) is 45.2 Å². The summed E-state index contributed by atoms with van der Waals surface area (Å²) in [6, 6.07) is 3.50. The van der Waals surface area contributed by atoms with Gasteiger partial charge in [-0.05, 0) is 26.2 Å². The van der Waals surface area contributed by atoms with Gasteiger partial charge in [0, 0.05) is 31.4 Å². The van der Waals surface area contributed by atoms with Crippen molar-refractivity contribution < 1.29 is 4.79 Å². The molecule has 1 rings (SSSR count). The molecule has 0 aliphatic carbocycles. The normalized spacial score (nSPS) is 11.2. The van der Waals surface area contributed by atoms with Gasteiger partial charge < -0.3 is 10.2 Å². The van der Waals surface area contributed by atoms with Crippen LogP contribution in [0.4, 0.5) is 0 Å². The number of pyridine rings is 1. The lowest BCUT2D eigenvalue weighted by Crippen LogP contribution is -2.15. The molecule has 0 radical (unpaired) electrons. The predicted molar refractivity (Wildman–Crippen MR) is 69.0 cm³/mol. The Balaban J connectivity index is 2.26. The van der Waals surface area contributed by atoms with E-state index in [2.05, 4.69) is 27.4 Å². The number of hydrogen-bond donors (Lipinski definition) is 1. The molecule has 0 spiro atoms. The molecule has 1 heterocycles. The van der Waals surface area contributed by atoms with Crippen LogP contribution >= 0.6 is 0 Å². The molecule has 0 aromatic carbocycles. The number of likely N-dealkylation sites (N-methyl/N-ethyl adjacent to an activating group) is 1. The van der Waals surface area contributed by atoms with Gasteiger partial charge in [-0.25, -0.2) is 0 Å². The van der Waals surface area contributed by atoms with Gasteiger partial charge in [-0.1, -0.05) is 12.2 Å². The largest absolute Gasteiger partial charge is 0.308 e. The molecular weight excluding hydrogens is 214 g/mol. The third-order valence-electron chi connectivity index (χ3n) is 2.18. The van der Waals surface area contributed by atoms with E-state index in [4.69, 9.17) is 0 Å². The Bertz CT molecular complexity index is 375. The summed E-state index contributed by atoms with van der Waals surface area (Å²) >= 11 is 0. The Labute approximate surface area is 102 Å². The van der Waals surface area contributed by atoms with Crippen molar-refractivity contribution in [3.05, 3.63) is 41.7 Å². The van der Waals surface area contributed by atoms with E-state index in [1.807, 2.05) is 14.1 Å². The van der Waals surface area contributed by atoms with Crippen LogP contribution < -0.4 is 5.32 Å². The van der Waals surface area contributed by atoms with Crippen LogP contribution in [0.2, 0.25) is 0 Å². The Morgan fingerprint density at radius 2 is 2.24 bits per heavy atom. The number of hydrogen-bond acceptors (Lipinski definition) is 4. The van der Waals surface area contributed by atoms with E-state index < -0.39 is 0 Å². The lowest BCUT2D eigenvalue weighted by molar-refractivity contribution is 0.112. The number of carbonyl (C=O) groups excluding carboxylic acids is 1. The first-order chi connectivity index (χ1) is 8.22. The van der Waals surface area contributed by atoms with Crippen molar-refractivity contribution >= 4 is 6.29 Å². The molecule has 4 heteroatoms. The summed E-state index contributed by atoms with van der Waals surface area (Å²) in [4.78, 5) is 16.9. The molecule has 0 aliphatic heterocycles. The quantitative estimate of drug-likeness (QED) is 0.435. The average molecular weight is 233 g/mol. The monoisotopic (exact) mass is 233 g/mol. The minimum atomic E-state index is 0.667. The van der Waals surface area contributed by atoms with Gasteiger partial charge in [0.15, 0.2) is 0 Å². The van der Waals surface area contributed by atoms with Gasteiger partial charge in [0.25, 0.3) is 0 Å². The summed E-state index contributed by atoms with van der Waals surface area (Å²) in [5.41, 5.74) is 1.55. The van der Waals surface area contributed by atoms with E-state index in [0.29, 0.717) is 12.1 Å². The number of aldehydes is 1. The van der Waals surface area contributed by atoms with Gasteiger partial charge in [-0.3, -0.25) is 9.78 Å². The highest BCUT2D eigenvalue weighted by Gasteiger charge is 1.95. The molecule has 1 N–H and O–H groups in total. The Morgan fingerprint density at radius 3 is 2.94 bits per heavy atom. The first-order valence-electron chi connectivity index (χ1n) is 5.63. The van der Waals surface area contributed by atoms with Gasteiger partial charge in [0.1, 0.15) is 6.29 Å². The minimum absolute atomic E-state index is 0.667. The van der Waals surface area contributed by atoms with Gasteiger partial charge in [0.05, 0.1) is 5.69 Å². The molecule has 0 atom stereocenters. The van der Waals surface area contributed by atoms with Gasteiger partial charge in [-0.15, -0.1) is 0 Å². The molecule has 0 amide bonds. The molecule has 4 nitrogen and oxygen atoms in total. The fourth-order valence-corrected chi connectivity index (χ4v) is 1.32. The third kappa shape index (κ3) is 5.94. The molecule has 92 valence electrons. The maximum Gasteiger partial charge on any atom is 0.150 e. The van der Waals surface area contributed by atoms with E-state index in [-0.39, 0.29) is 0 Å². The van der Waals surface area contributed by atoms with Gasteiger partial charge >= 0.3 is 0 Å². The highest BCUT2D eigenvalue weighted by Crippen LogP contribution is 1.98. The number of nitrogens with zero attached hydrogens (tertiary/aromatic N) is 2. The Morgan fingerprint density at radius 1 is 1.41 bits per heavy atom. The standard InChI is InChI=1S/C13H19N3O/c1-16(2)8-4-3-6-14-10-13-9-12(11-17)5-7-15-13/h3-5,7,9,11,14H,6,8,10H2,1-2H3. The van der Waals surface area contributed by atoms with Gasteiger partial charge in [-0.2, -0.15) is 0 Å². The lowest BCUT2D eigenvalue weighted by atomic mass is 10.2. The van der Waals surface area contributed by atoms with Crippen LogP contribution in [0.1, 0.15) is 16.1 Å². The second-order valence-electron chi connectivity index (χ2n) is 4.06. The molecular formula is C13H19N3O. The van der Waals surface area contributed by atoms with E-state index in [1.54, 1.807) is 18.3 Å². The number of carbonyl (C=O) groups is 1. The van der Waals surface area contributed by atoms with E-state index in [1.165, 1.54) is 0 Å². The molecule has 17 heavy (non-hydrogen) atoms. The maximum atomic E-state index is 10.6. The van der Waals surface area contributed by atoms with Crippen LogP contribution in [0.25, 0.3) is 0 Å². The zero-order valence-corrected chi connectivity index (χ0v) is 10.4. The van der Waals surface area contributed by atoms with Crippen LogP contribution in [0.15, 0.2) is 30.5 Å². The highest BCUT2D eigenvalue weighted by molar-refractivity contribution is 5.74. The zero-order chi connectivity index (χ0) is 12.5. The third-order valence-corrected chi connectivity index (χ3v) is 2.18. The summed E-state index contributed by atoms with van der Waals surface area (Å²) in [5.74, 6) is 0. The van der Waals surface area contributed by atoms with Crippen molar-refractivity contribution in [2.45, 2.75) is 6.54 Å². The number of aromatic nitrogens is 1. The molecule has 1 aromatic rings. The first-order valence-corrected chi connectivity index (χ1v) is 5.63. The van der Waals surface area contributed by atoms with E-state index >= 15 is 0 Å². The van der Waals surface area contributed by atoms with Gasteiger partial charge in [0.2, 0.25) is 0 Å². The Kier molecular flexibility index (Phi) is 6.14. The molecule has 0 fully saturated rings. The molecule has 0 saturated heterocycles.